The number of halogens is 1. The Morgan fingerprint density at radius 2 is 1.89 bits per heavy atom. The van der Waals surface area contributed by atoms with E-state index in [2.05, 4.69) is 15.5 Å². The van der Waals surface area contributed by atoms with Gasteiger partial charge in [-0.1, -0.05) is 0 Å². The molecule has 0 saturated carbocycles. The molecule has 0 amide bonds. The monoisotopic (exact) mass is 242 g/mol. The van der Waals surface area contributed by atoms with Crippen molar-refractivity contribution in [2.24, 2.45) is 0 Å². The number of nitriles is 1. The lowest BCUT2D eigenvalue weighted by molar-refractivity contribution is 0.628. The summed E-state index contributed by atoms with van der Waals surface area (Å²) in [5, 5.41) is 19.4. The minimum atomic E-state index is -0.276. The molecule has 5 heteroatoms. The highest BCUT2D eigenvalue weighted by Gasteiger charge is 2.01. The lowest BCUT2D eigenvalue weighted by atomic mass is 10.1. The molecule has 2 aromatic rings. The van der Waals surface area contributed by atoms with Gasteiger partial charge >= 0.3 is 0 Å². The van der Waals surface area contributed by atoms with Crippen molar-refractivity contribution in [2.75, 3.05) is 11.9 Å². The van der Waals surface area contributed by atoms with Gasteiger partial charge in [0.25, 0.3) is 0 Å². The van der Waals surface area contributed by atoms with Crippen LogP contribution in [-0.4, -0.2) is 16.7 Å². The predicted molar refractivity (Wildman–Crippen MR) is 66.1 cm³/mol. The second kappa shape index (κ2) is 5.73. The van der Waals surface area contributed by atoms with Crippen molar-refractivity contribution in [2.45, 2.75) is 6.42 Å². The van der Waals surface area contributed by atoms with Crippen LogP contribution in [0.3, 0.4) is 0 Å². The molecule has 90 valence electrons. The lowest BCUT2D eigenvalue weighted by Crippen LogP contribution is -2.03. The fraction of sp³-hybridized carbons (Fsp3) is 0.154. The van der Waals surface area contributed by atoms with Crippen LogP contribution in [0.1, 0.15) is 6.42 Å². The van der Waals surface area contributed by atoms with Crippen LogP contribution in [0.25, 0.3) is 11.3 Å². The van der Waals surface area contributed by atoms with Crippen molar-refractivity contribution in [3.05, 3.63) is 42.2 Å². The predicted octanol–water partition coefficient (Wildman–Crippen LogP) is 2.61. The van der Waals surface area contributed by atoms with Crippen LogP contribution in [-0.2, 0) is 0 Å². The summed E-state index contributed by atoms with van der Waals surface area (Å²) in [5.41, 5.74) is 1.49. The van der Waals surface area contributed by atoms with E-state index in [0.29, 0.717) is 24.5 Å². The van der Waals surface area contributed by atoms with E-state index in [1.54, 1.807) is 24.3 Å². The summed E-state index contributed by atoms with van der Waals surface area (Å²) in [6.45, 7) is 0.543. The minimum Gasteiger partial charge on any atom is -0.368 e. The van der Waals surface area contributed by atoms with Gasteiger partial charge in [0, 0.05) is 12.1 Å². The van der Waals surface area contributed by atoms with Gasteiger partial charge in [0.2, 0.25) is 0 Å². The summed E-state index contributed by atoms with van der Waals surface area (Å²) in [5.74, 6) is 0.345. The maximum Gasteiger partial charge on any atom is 0.148 e. The van der Waals surface area contributed by atoms with E-state index >= 15 is 0 Å². The third-order valence-corrected chi connectivity index (χ3v) is 2.35. The van der Waals surface area contributed by atoms with Crippen LogP contribution >= 0.6 is 0 Å². The Morgan fingerprint density at radius 1 is 1.11 bits per heavy atom. The first-order valence-corrected chi connectivity index (χ1v) is 5.50. The zero-order valence-corrected chi connectivity index (χ0v) is 9.60. The summed E-state index contributed by atoms with van der Waals surface area (Å²) < 4.78 is 12.8. The smallest absolute Gasteiger partial charge is 0.148 e. The number of aromatic nitrogens is 2. The lowest BCUT2D eigenvalue weighted by Gasteiger charge is -2.03. The molecule has 0 aliphatic carbocycles. The zero-order valence-electron chi connectivity index (χ0n) is 9.60. The molecule has 0 aliphatic heterocycles. The van der Waals surface area contributed by atoms with Crippen molar-refractivity contribution in [3.63, 3.8) is 0 Å². The molecule has 4 nitrogen and oxygen atoms in total. The molecule has 1 aromatic carbocycles. The molecule has 1 heterocycles. The van der Waals surface area contributed by atoms with E-state index in [1.165, 1.54) is 12.1 Å². The first kappa shape index (κ1) is 12.0. The molecule has 0 atom stereocenters. The molecule has 0 spiro atoms. The maximum absolute atomic E-state index is 12.8. The number of rotatable bonds is 4. The second-order valence-corrected chi connectivity index (χ2v) is 3.65. The van der Waals surface area contributed by atoms with Gasteiger partial charge in [0.15, 0.2) is 0 Å². The fourth-order valence-electron chi connectivity index (χ4n) is 1.45. The Bertz CT molecular complexity index is 543. The first-order valence-electron chi connectivity index (χ1n) is 5.50. The topological polar surface area (TPSA) is 61.6 Å². The molecule has 1 N–H and O–H groups in total. The zero-order chi connectivity index (χ0) is 12.8. The highest BCUT2D eigenvalue weighted by atomic mass is 19.1. The molecular weight excluding hydrogens is 231 g/mol. The summed E-state index contributed by atoms with van der Waals surface area (Å²) >= 11 is 0. The fourth-order valence-corrected chi connectivity index (χ4v) is 1.45. The molecule has 0 unspecified atom stereocenters. The van der Waals surface area contributed by atoms with Gasteiger partial charge in [0.05, 0.1) is 18.2 Å². The van der Waals surface area contributed by atoms with E-state index in [1.807, 2.05) is 6.07 Å². The minimum absolute atomic E-state index is 0.276. The van der Waals surface area contributed by atoms with E-state index in [4.69, 9.17) is 5.26 Å². The molecule has 0 bridgehead atoms. The van der Waals surface area contributed by atoms with Crippen LogP contribution in [0.4, 0.5) is 10.2 Å². The average Bonchev–Trinajstić information content (AvgIpc) is 2.41. The van der Waals surface area contributed by atoms with Gasteiger partial charge < -0.3 is 5.32 Å². The summed E-state index contributed by atoms with van der Waals surface area (Å²) in [6, 6.07) is 11.7. The van der Waals surface area contributed by atoms with E-state index < -0.39 is 0 Å². The largest absolute Gasteiger partial charge is 0.368 e. The molecule has 0 fully saturated rings. The Hall–Kier alpha value is -2.48. The van der Waals surface area contributed by atoms with E-state index in [-0.39, 0.29) is 5.82 Å². The molecule has 2 rings (SSSR count). The summed E-state index contributed by atoms with van der Waals surface area (Å²) in [4.78, 5) is 0. The molecule has 0 aliphatic rings. The number of nitrogens with one attached hydrogen (secondary N) is 1. The Labute approximate surface area is 104 Å². The van der Waals surface area contributed by atoms with Crippen molar-refractivity contribution >= 4 is 5.82 Å². The first-order chi connectivity index (χ1) is 8.79. The van der Waals surface area contributed by atoms with Crippen molar-refractivity contribution in [1.82, 2.24) is 10.2 Å². The Balaban J connectivity index is 2.08. The molecule has 18 heavy (non-hydrogen) atoms. The number of hydrogen-bond donors (Lipinski definition) is 1. The Kier molecular flexibility index (Phi) is 3.82. The third-order valence-electron chi connectivity index (χ3n) is 2.35. The highest BCUT2D eigenvalue weighted by molar-refractivity contribution is 5.59. The normalized spacial score (nSPS) is 9.78. The third kappa shape index (κ3) is 3.01. The van der Waals surface area contributed by atoms with Crippen LogP contribution in [0.15, 0.2) is 36.4 Å². The van der Waals surface area contributed by atoms with Gasteiger partial charge in [-0.25, -0.2) is 4.39 Å². The number of hydrogen-bond acceptors (Lipinski definition) is 4. The number of anilines is 1. The van der Waals surface area contributed by atoms with Crippen molar-refractivity contribution < 1.29 is 4.39 Å². The van der Waals surface area contributed by atoms with Crippen LogP contribution in [0.5, 0.6) is 0 Å². The van der Waals surface area contributed by atoms with Crippen molar-refractivity contribution in [1.29, 1.82) is 5.26 Å². The number of benzene rings is 1. The summed E-state index contributed by atoms with van der Waals surface area (Å²) in [6.07, 6.45) is 0.418. The van der Waals surface area contributed by atoms with Gasteiger partial charge in [-0.2, -0.15) is 5.26 Å². The highest BCUT2D eigenvalue weighted by Crippen LogP contribution is 2.17. The SMILES string of the molecule is N#CCCNc1ccc(-c2ccc(F)cc2)nn1. The second-order valence-electron chi connectivity index (χ2n) is 3.65. The molecule has 0 radical (unpaired) electrons. The average molecular weight is 242 g/mol. The van der Waals surface area contributed by atoms with Crippen LogP contribution in [0, 0.1) is 17.1 Å². The van der Waals surface area contributed by atoms with E-state index in [9.17, 15) is 4.39 Å². The van der Waals surface area contributed by atoms with Crippen molar-refractivity contribution in [3.8, 4) is 17.3 Å². The van der Waals surface area contributed by atoms with Gasteiger partial charge in [-0.05, 0) is 36.4 Å². The maximum atomic E-state index is 12.8. The quantitative estimate of drug-likeness (QED) is 0.837. The van der Waals surface area contributed by atoms with Crippen LogP contribution in [0.2, 0.25) is 0 Å². The standard InChI is InChI=1S/C13H11FN4/c14-11-4-2-10(3-5-11)12-6-7-13(18-17-12)16-9-1-8-15/h2-7H,1,9H2,(H,16,18). The van der Waals surface area contributed by atoms with Gasteiger partial charge in [-0.15, -0.1) is 10.2 Å². The molecular formula is C13H11FN4. The van der Waals surface area contributed by atoms with Gasteiger partial charge in [0.1, 0.15) is 11.6 Å². The summed E-state index contributed by atoms with van der Waals surface area (Å²) in [7, 11) is 0. The molecule has 0 saturated heterocycles. The van der Waals surface area contributed by atoms with E-state index in [0.717, 1.165) is 5.56 Å². The number of nitrogens with zero attached hydrogens (tertiary/aromatic N) is 3. The Morgan fingerprint density at radius 3 is 2.50 bits per heavy atom. The molecule has 1 aromatic heterocycles. The van der Waals surface area contributed by atoms with Crippen LogP contribution < -0.4 is 5.32 Å². The van der Waals surface area contributed by atoms with Gasteiger partial charge in [-0.3, -0.25) is 0 Å².